The van der Waals surface area contributed by atoms with Crippen molar-refractivity contribution in [2.24, 2.45) is 0 Å². The number of aryl methyl sites for hydroxylation is 1. The fraction of sp³-hybridized carbons (Fsp3) is 0.421. The number of hydrogen-bond donors (Lipinski definition) is 2. The van der Waals surface area contributed by atoms with Crippen LogP contribution in [0.3, 0.4) is 0 Å². The van der Waals surface area contributed by atoms with Crippen LogP contribution in [0, 0.1) is 0 Å². The van der Waals surface area contributed by atoms with Gasteiger partial charge in [0.15, 0.2) is 0 Å². The van der Waals surface area contributed by atoms with Crippen molar-refractivity contribution < 1.29 is 9.53 Å². The molecule has 6 heteroatoms. The summed E-state index contributed by atoms with van der Waals surface area (Å²) >= 11 is 0. The second kappa shape index (κ2) is 7.51. The molecule has 3 rings (SSSR count). The number of hydrogen-bond acceptors (Lipinski definition) is 4. The highest BCUT2D eigenvalue weighted by atomic mass is 16.5. The Balaban J connectivity index is 1.53. The molecule has 6 nitrogen and oxygen atoms in total. The van der Waals surface area contributed by atoms with Crippen molar-refractivity contribution in [2.45, 2.75) is 44.6 Å². The molecule has 1 atom stereocenters. The molecule has 1 fully saturated rings. The van der Waals surface area contributed by atoms with E-state index in [-0.39, 0.29) is 23.1 Å². The van der Waals surface area contributed by atoms with Crippen LogP contribution in [0.2, 0.25) is 0 Å². The van der Waals surface area contributed by atoms with E-state index in [1.54, 1.807) is 7.11 Å². The average molecular weight is 341 g/mol. The van der Waals surface area contributed by atoms with Gasteiger partial charge in [-0.15, -0.1) is 0 Å². The van der Waals surface area contributed by atoms with Crippen molar-refractivity contribution in [1.29, 1.82) is 0 Å². The number of aromatic nitrogens is 2. The van der Waals surface area contributed by atoms with E-state index in [1.807, 2.05) is 31.2 Å². The third-order valence-electron chi connectivity index (χ3n) is 4.43. The van der Waals surface area contributed by atoms with Crippen LogP contribution in [0.1, 0.15) is 53.8 Å². The quantitative estimate of drug-likeness (QED) is 0.810. The lowest BCUT2D eigenvalue weighted by molar-refractivity contribution is 0.0936. The maximum atomic E-state index is 12.3. The summed E-state index contributed by atoms with van der Waals surface area (Å²) in [6.07, 6.45) is 5.11. The molecule has 0 aliphatic heterocycles. The summed E-state index contributed by atoms with van der Waals surface area (Å²) in [6.45, 7) is 1.93. The highest BCUT2D eigenvalue weighted by Crippen LogP contribution is 2.37. The molecular formula is C19H23N3O3. The van der Waals surface area contributed by atoms with Gasteiger partial charge in [-0.1, -0.05) is 12.1 Å². The molecule has 0 radical (unpaired) electrons. The van der Waals surface area contributed by atoms with Gasteiger partial charge < -0.3 is 15.0 Å². The fourth-order valence-corrected chi connectivity index (χ4v) is 2.68. The molecule has 0 bridgehead atoms. The van der Waals surface area contributed by atoms with Gasteiger partial charge in [-0.2, -0.15) is 0 Å². The van der Waals surface area contributed by atoms with Gasteiger partial charge in [-0.05, 0) is 50.3 Å². The van der Waals surface area contributed by atoms with Gasteiger partial charge >= 0.3 is 0 Å². The minimum Gasteiger partial charge on any atom is -0.497 e. The van der Waals surface area contributed by atoms with E-state index in [9.17, 15) is 9.59 Å². The molecule has 1 unspecified atom stereocenters. The van der Waals surface area contributed by atoms with Crippen molar-refractivity contribution in [3.8, 4) is 5.75 Å². The van der Waals surface area contributed by atoms with Crippen LogP contribution in [0.4, 0.5) is 0 Å². The SMILES string of the molecule is COc1ccc(CCC(C)NC(=O)c2cnc(C3CC3)[nH]c2=O)cc1. The lowest BCUT2D eigenvalue weighted by atomic mass is 10.1. The molecule has 1 aromatic heterocycles. The van der Waals surface area contributed by atoms with Crippen LogP contribution in [-0.2, 0) is 6.42 Å². The van der Waals surface area contributed by atoms with Gasteiger partial charge in [0.2, 0.25) is 0 Å². The highest BCUT2D eigenvalue weighted by molar-refractivity contribution is 5.93. The predicted octanol–water partition coefficient (Wildman–Crippen LogP) is 2.41. The monoisotopic (exact) mass is 341 g/mol. The molecule has 1 aliphatic rings. The number of carbonyl (C=O) groups is 1. The van der Waals surface area contributed by atoms with Crippen LogP contribution >= 0.6 is 0 Å². The lowest BCUT2D eigenvalue weighted by Crippen LogP contribution is -2.36. The third kappa shape index (κ3) is 4.47. The van der Waals surface area contributed by atoms with E-state index in [1.165, 1.54) is 11.8 Å². The van der Waals surface area contributed by atoms with Crippen LogP contribution < -0.4 is 15.6 Å². The number of rotatable bonds is 7. The Bertz CT molecular complexity index is 794. The van der Waals surface area contributed by atoms with Crippen molar-refractivity contribution >= 4 is 5.91 Å². The highest BCUT2D eigenvalue weighted by Gasteiger charge is 2.26. The first kappa shape index (κ1) is 17.2. The molecule has 0 spiro atoms. The van der Waals surface area contributed by atoms with Gasteiger partial charge in [-0.25, -0.2) is 4.98 Å². The first-order chi connectivity index (χ1) is 12.1. The van der Waals surface area contributed by atoms with Crippen molar-refractivity contribution in [3.05, 3.63) is 57.8 Å². The largest absolute Gasteiger partial charge is 0.497 e. The first-order valence-electron chi connectivity index (χ1n) is 8.60. The Hall–Kier alpha value is -2.63. The van der Waals surface area contributed by atoms with Gasteiger partial charge in [0, 0.05) is 18.2 Å². The first-order valence-corrected chi connectivity index (χ1v) is 8.60. The van der Waals surface area contributed by atoms with Crippen molar-refractivity contribution in [2.75, 3.05) is 7.11 Å². The maximum absolute atomic E-state index is 12.3. The van der Waals surface area contributed by atoms with Gasteiger partial charge in [0.1, 0.15) is 17.1 Å². The molecule has 1 aliphatic carbocycles. The number of methoxy groups -OCH3 is 1. The fourth-order valence-electron chi connectivity index (χ4n) is 2.68. The van der Waals surface area contributed by atoms with E-state index in [0.29, 0.717) is 11.7 Å². The smallest absolute Gasteiger partial charge is 0.263 e. The summed E-state index contributed by atoms with van der Waals surface area (Å²) in [6, 6.07) is 7.82. The summed E-state index contributed by atoms with van der Waals surface area (Å²) in [5, 5.41) is 2.87. The Morgan fingerprint density at radius 1 is 1.36 bits per heavy atom. The second-order valence-electron chi connectivity index (χ2n) is 6.55. The van der Waals surface area contributed by atoms with Crippen LogP contribution in [0.15, 0.2) is 35.3 Å². The number of amides is 1. The lowest BCUT2D eigenvalue weighted by Gasteiger charge is -2.14. The topological polar surface area (TPSA) is 84.1 Å². The summed E-state index contributed by atoms with van der Waals surface area (Å²) in [5.74, 6) is 1.49. The number of carbonyl (C=O) groups excluding carboxylic acids is 1. The molecule has 132 valence electrons. The Labute approximate surface area is 146 Å². The van der Waals surface area contributed by atoms with Gasteiger partial charge in [-0.3, -0.25) is 9.59 Å². The zero-order chi connectivity index (χ0) is 17.8. The van der Waals surface area contributed by atoms with Crippen molar-refractivity contribution in [1.82, 2.24) is 15.3 Å². The van der Waals surface area contributed by atoms with Gasteiger partial charge in [0.25, 0.3) is 11.5 Å². The average Bonchev–Trinajstić information content (AvgIpc) is 3.45. The van der Waals surface area contributed by atoms with Gasteiger partial charge in [0.05, 0.1) is 7.11 Å². The van der Waals surface area contributed by atoms with Crippen LogP contribution in [-0.4, -0.2) is 29.0 Å². The summed E-state index contributed by atoms with van der Waals surface area (Å²) in [4.78, 5) is 31.3. The molecule has 1 aromatic carbocycles. The predicted molar refractivity (Wildman–Crippen MR) is 95.1 cm³/mol. The number of aromatic amines is 1. The summed E-state index contributed by atoms with van der Waals surface area (Å²) in [5.41, 5.74) is 0.882. The van der Waals surface area contributed by atoms with E-state index in [0.717, 1.165) is 31.4 Å². The standard InChI is InChI=1S/C19H23N3O3/c1-12(3-4-13-5-9-15(25-2)10-6-13)21-18(23)16-11-20-17(14-7-8-14)22-19(16)24/h5-6,9-12,14H,3-4,7-8H2,1-2H3,(H,21,23)(H,20,22,24). The summed E-state index contributed by atoms with van der Waals surface area (Å²) < 4.78 is 5.14. The molecule has 1 heterocycles. The van der Waals surface area contributed by atoms with Crippen molar-refractivity contribution in [3.63, 3.8) is 0 Å². The maximum Gasteiger partial charge on any atom is 0.263 e. The number of ether oxygens (including phenoxy) is 1. The zero-order valence-electron chi connectivity index (χ0n) is 14.5. The van der Waals surface area contributed by atoms with E-state index in [4.69, 9.17) is 4.74 Å². The van der Waals surface area contributed by atoms with E-state index >= 15 is 0 Å². The molecule has 2 aromatic rings. The molecule has 1 saturated carbocycles. The number of nitrogens with zero attached hydrogens (tertiary/aromatic N) is 1. The Kier molecular flexibility index (Phi) is 5.16. The third-order valence-corrected chi connectivity index (χ3v) is 4.43. The molecule has 1 amide bonds. The molecule has 0 saturated heterocycles. The van der Waals surface area contributed by atoms with E-state index in [2.05, 4.69) is 15.3 Å². The van der Waals surface area contributed by atoms with E-state index < -0.39 is 0 Å². The zero-order valence-corrected chi connectivity index (χ0v) is 14.5. The van der Waals surface area contributed by atoms with Crippen LogP contribution in [0.25, 0.3) is 0 Å². The minimum absolute atomic E-state index is 0.0443. The molecule has 25 heavy (non-hydrogen) atoms. The molecular weight excluding hydrogens is 318 g/mol. The number of benzene rings is 1. The molecule has 2 N–H and O–H groups in total. The second-order valence-corrected chi connectivity index (χ2v) is 6.55. The number of nitrogens with one attached hydrogen (secondary N) is 2. The Morgan fingerprint density at radius 2 is 2.08 bits per heavy atom. The summed E-state index contributed by atoms with van der Waals surface area (Å²) in [7, 11) is 1.64. The Morgan fingerprint density at radius 3 is 2.68 bits per heavy atom. The normalized spacial score (nSPS) is 14.8. The van der Waals surface area contributed by atoms with Crippen LogP contribution in [0.5, 0.6) is 5.75 Å². The number of H-pyrrole nitrogens is 1. The minimum atomic E-state index is -0.377.